The molecule has 1 fully saturated rings. The molecule has 0 radical (unpaired) electrons. The summed E-state index contributed by atoms with van der Waals surface area (Å²) in [5.41, 5.74) is 4.35. The lowest BCUT2D eigenvalue weighted by Crippen LogP contribution is -2.58. The third-order valence-corrected chi connectivity index (χ3v) is 9.21. The summed E-state index contributed by atoms with van der Waals surface area (Å²) in [6, 6.07) is 39.2. The molecule has 4 unspecified atom stereocenters. The minimum absolute atomic E-state index is 0.0603. The Hall–Kier alpha value is -5.28. The molecule has 1 saturated heterocycles. The molecule has 0 bridgehead atoms. The first-order valence-corrected chi connectivity index (χ1v) is 19.0. The van der Waals surface area contributed by atoms with E-state index in [2.05, 4.69) is 0 Å². The van der Waals surface area contributed by atoms with E-state index in [1.807, 2.05) is 121 Å². The Morgan fingerprint density at radius 1 is 0.426 bits per heavy atom. The third kappa shape index (κ3) is 13.9. The van der Waals surface area contributed by atoms with Crippen molar-refractivity contribution in [2.24, 2.45) is 0 Å². The predicted molar refractivity (Wildman–Crippen MR) is 203 cm³/mol. The van der Waals surface area contributed by atoms with E-state index >= 15 is 0 Å². The molecular formula is C45H50O9. The van der Waals surface area contributed by atoms with Crippen LogP contribution in [0.5, 0.6) is 0 Å². The van der Waals surface area contributed by atoms with Crippen LogP contribution in [0.25, 0.3) is 0 Å². The molecule has 4 aromatic rings. The number of aryl methyl sites for hydroxylation is 4. The summed E-state index contributed by atoms with van der Waals surface area (Å²) in [4.78, 5) is 53.0. The number of carbonyl (C=O) groups excluding carboxylic acids is 4. The van der Waals surface area contributed by atoms with Gasteiger partial charge in [-0.2, -0.15) is 0 Å². The van der Waals surface area contributed by atoms with Crippen molar-refractivity contribution < 1.29 is 42.9 Å². The maximum Gasteiger partial charge on any atom is 0.308 e. The van der Waals surface area contributed by atoms with Gasteiger partial charge in [-0.15, -0.1) is 0 Å². The van der Waals surface area contributed by atoms with E-state index in [0.717, 1.165) is 22.3 Å². The van der Waals surface area contributed by atoms with Gasteiger partial charge in [-0.1, -0.05) is 121 Å². The lowest BCUT2D eigenvalue weighted by Gasteiger charge is -2.40. The number of esters is 4. The molecule has 4 aromatic carbocycles. The van der Waals surface area contributed by atoms with Crippen molar-refractivity contribution in [2.75, 3.05) is 6.61 Å². The molecule has 4 atom stereocenters. The summed E-state index contributed by atoms with van der Waals surface area (Å²) >= 11 is 0. The molecule has 54 heavy (non-hydrogen) atoms. The largest absolute Gasteiger partial charge is 0.456 e. The quantitative estimate of drug-likeness (QED) is 0.0665. The first kappa shape index (κ1) is 39.9. The highest BCUT2D eigenvalue weighted by atomic mass is 16.7. The molecule has 1 aliphatic heterocycles. The predicted octanol–water partition coefficient (Wildman–Crippen LogP) is 7.71. The van der Waals surface area contributed by atoms with Gasteiger partial charge in [0.15, 0.2) is 12.2 Å². The maximum absolute atomic E-state index is 13.4. The van der Waals surface area contributed by atoms with Crippen LogP contribution in [0.15, 0.2) is 121 Å². The molecule has 0 amide bonds. The lowest BCUT2D eigenvalue weighted by molar-refractivity contribution is -0.275. The molecule has 284 valence electrons. The molecule has 9 heteroatoms. The van der Waals surface area contributed by atoms with Gasteiger partial charge >= 0.3 is 23.9 Å². The second kappa shape index (κ2) is 22.1. The van der Waals surface area contributed by atoms with Gasteiger partial charge in [-0.05, 0) is 73.6 Å². The fourth-order valence-corrected chi connectivity index (χ4v) is 6.38. The number of carbonyl (C=O) groups is 4. The molecule has 5 rings (SSSR count). The second-order valence-corrected chi connectivity index (χ2v) is 13.5. The van der Waals surface area contributed by atoms with Crippen LogP contribution in [-0.4, -0.2) is 55.1 Å². The van der Waals surface area contributed by atoms with Crippen molar-refractivity contribution in [2.45, 2.75) is 102 Å². The van der Waals surface area contributed by atoms with Crippen molar-refractivity contribution >= 4 is 23.9 Å². The van der Waals surface area contributed by atoms with Crippen LogP contribution in [0.4, 0.5) is 0 Å². The van der Waals surface area contributed by atoms with E-state index in [1.54, 1.807) is 0 Å². The van der Waals surface area contributed by atoms with Crippen molar-refractivity contribution in [1.29, 1.82) is 0 Å². The summed E-state index contributed by atoms with van der Waals surface area (Å²) in [5, 5.41) is 0. The minimum atomic E-state index is -1.37. The van der Waals surface area contributed by atoms with Gasteiger partial charge in [0, 0.05) is 25.7 Å². The number of ether oxygens (including phenoxy) is 5. The van der Waals surface area contributed by atoms with Gasteiger partial charge in [0.2, 0.25) is 12.4 Å². The van der Waals surface area contributed by atoms with Gasteiger partial charge in [-0.25, -0.2) is 0 Å². The van der Waals surface area contributed by atoms with Crippen LogP contribution < -0.4 is 0 Å². The van der Waals surface area contributed by atoms with Crippen LogP contribution in [0.1, 0.15) is 73.6 Å². The van der Waals surface area contributed by atoms with E-state index in [9.17, 15) is 19.2 Å². The molecule has 1 heterocycles. The van der Waals surface area contributed by atoms with Gasteiger partial charge in [0.1, 0.15) is 0 Å². The van der Waals surface area contributed by atoms with E-state index < -0.39 is 48.5 Å². The maximum atomic E-state index is 13.4. The standard InChI is InChI=1S/C45H50O9/c46-39(29-13-25-34-17-5-1-6-18-34)51-38-33-50-45(54-42(49)32-16-28-37-23-11-4-12-24-37)44(53-41(48)31-15-27-36-21-9-3-10-22-36)43(38)52-40(47)30-14-26-35-19-7-2-8-20-35/h1-12,17-24,38,43-45H,13-16,25-33H2. The molecule has 1 aliphatic rings. The molecule has 0 spiro atoms. The van der Waals surface area contributed by atoms with Gasteiger partial charge in [0.25, 0.3) is 0 Å². The highest BCUT2D eigenvalue weighted by Crippen LogP contribution is 2.27. The summed E-state index contributed by atoms with van der Waals surface area (Å²) in [6.45, 7) is -0.226. The Morgan fingerprint density at radius 2 is 0.741 bits per heavy atom. The van der Waals surface area contributed by atoms with E-state index in [-0.39, 0.29) is 32.3 Å². The first-order valence-electron chi connectivity index (χ1n) is 19.0. The summed E-state index contributed by atoms with van der Waals surface area (Å²) in [5.74, 6) is -2.19. The Labute approximate surface area is 317 Å². The van der Waals surface area contributed by atoms with Gasteiger partial charge in [0.05, 0.1) is 6.61 Å². The second-order valence-electron chi connectivity index (χ2n) is 13.5. The van der Waals surface area contributed by atoms with Crippen LogP contribution in [-0.2, 0) is 68.5 Å². The zero-order valence-corrected chi connectivity index (χ0v) is 30.7. The molecule has 0 aliphatic carbocycles. The smallest absolute Gasteiger partial charge is 0.308 e. The zero-order chi connectivity index (χ0) is 37.8. The minimum Gasteiger partial charge on any atom is -0.456 e. The van der Waals surface area contributed by atoms with E-state index in [4.69, 9.17) is 23.7 Å². The third-order valence-electron chi connectivity index (χ3n) is 9.21. The zero-order valence-electron chi connectivity index (χ0n) is 30.7. The SMILES string of the molecule is O=C(CCCc1ccccc1)OC1COC(OC(=O)CCCc2ccccc2)C(OC(=O)CCCc2ccccc2)C1OC(=O)CCCc1ccccc1. The van der Waals surface area contributed by atoms with Crippen molar-refractivity contribution in [1.82, 2.24) is 0 Å². The normalized spacial score (nSPS) is 17.9. The molecule has 0 N–H and O–H groups in total. The van der Waals surface area contributed by atoms with E-state index in [1.165, 1.54) is 0 Å². The molecule has 0 aromatic heterocycles. The Kier molecular flexibility index (Phi) is 16.3. The van der Waals surface area contributed by atoms with Crippen molar-refractivity contribution in [3.63, 3.8) is 0 Å². The Balaban J connectivity index is 1.27. The molecule has 9 nitrogen and oxygen atoms in total. The highest BCUT2D eigenvalue weighted by Gasteiger charge is 2.49. The summed E-state index contributed by atoms with van der Waals surface area (Å²) in [7, 11) is 0. The molecule has 0 saturated carbocycles. The fourth-order valence-electron chi connectivity index (χ4n) is 6.38. The molecular weight excluding hydrogens is 684 g/mol. The topological polar surface area (TPSA) is 114 Å². The Morgan fingerprint density at radius 3 is 1.11 bits per heavy atom. The van der Waals surface area contributed by atoms with Crippen LogP contribution in [0.3, 0.4) is 0 Å². The summed E-state index contributed by atoms with van der Waals surface area (Å²) < 4.78 is 29.5. The average Bonchev–Trinajstić information content (AvgIpc) is 3.18. The van der Waals surface area contributed by atoms with Crippen molar-refractivity contribution in [3.8, 4) is 0 Å². The number of hydrogen-bond acceptors (Lipinski definition) is 9. The van der Waals surface area contributed by atoms with E-state index in [0.29, 0.717) is 51.4 Å². The highest BCUT2D eigenvalue weighted by molar-refractivity contribution is 5.72. The van der Waals surface area contributed by atoms with Crippen LogP contribution >= 0.6 is 0 Å². The van der Waals surface area contributed by atoms with Gasteiger partial charge in [-0.3, -0.25) is 19.2 Å². The monoisotopic (exact) mass is 734 g/mol. The summed E-state index contributed by atoms with van der Waals surface area (Å²) in [6.07, 6.45) is 0.0181. The van der Waals surface area contributed by atoms with Crippen LogP contribution in [0, 0.1) is 0 Å². The Bertz CT molecular complexity index is 1580. The van der Waals surface area contributed by atoms with Gasteiger partial charge < -0.3 is 23.7 Å². The number of rotatable bonds is 20. The van der Waals surface area contributed by atoms with Crippen LogP contribution in [0.2, 0.25) is 0 Å². The number of hydrogen-bond donors (Lipinski definition) is 0. The first-order chi connectivity index (χ1) is 26.4. The van der Waals surface area contributed by atoms with Crippen molar-refractivity contribution in [3.05, 3.63) is 144 Å². The fraction of sp³-hybridized carbons (Fsp3) is 0.378. The lowest BCUT2D eigenvalue weighted by atomic mass is 10.0. The number of benzene rings is 4. The average molecular weight is 735 g/mol.